The van der Waals surface area contributed by atoms with E-state index in [2.05, 4.69) is 20.8 Å². The first kappa shape index (κ1) is 17.0. The zero-order valence-electron chi connectivity index (χ0n) is 13.4. The van der Waals surface area contributed by atoms with Crippen molar-refractivity contribution in [3.8, 4) is 5.69 Å². The second-order valence-corrected chi connectivity index (χ2v) is 5.34. The number of rotatable bonds is 7. The van der Waals surface area contributed by atoms with E-state index in [1.807, 2.05) is 26.0 Å². The number of carbonyl (C=O) groups is 1. The number of hydrogen-bond acceptors (Lipinski definition) is 4. The molecule has 2 amide bonds. The summed E-state index contributed by atoms with van der Waals surface area (Å²) in [6.07, 6.45) is 4.47. The molecule has 1 heterocycles. The van der Waals surface area contributed by atoms with E-state index in [0.717, 1.165) is 18.5 Å². The summed E-state index contributed by atoms with van der Waals surface area (Å²) in [4.78, 5) is 13.4. The van der Waals surface area contributed by atoms with Crippen LogP contribution in [0.15, 0.2) is 36.7 Å². The Bertz CT molecular complexity index is 593. The second kappa shape index (κ2) is 8.28. The van der Waals surface area contributed by atoms with Gasteiger partial charge in [-0.1, -0.05) is 26.7 Å². The normalized spacial score (nSPS) is 12.2. The van der Waals surface area contributed by atoms with Crippen molar-refractivity contribution in [2.45, 2.75) is 32.8 Å². The minimum Gasteiger partial charge on any atom is -0.391 e. The van der Waals surface area contributed by atoms with Crippen LogP contribution in [0.3, 0.4) is 0 Å². The van der Waals surface area contributed by atoms with Crippen LogP contribution in [0.1, 0.15) is 26.7 Å². The molecule has 124 valence electrons. The molecular formula is C16H23N5O2. The van der Waals surface area contributed by atoms with Gasteiger partial charge >= 0.3 is 6.03 Å². The Balaban J connectivity index is 1.83. The summed E-state index contributed by atoms with van der Waals surface area (Å²) in [5.74, 6) is 0.205. The predicted molar refractivity (Wildman–Crippen MR) is 88.5 cm³/mol. The Hall–Kier alpha value is -2.41. The highest BCUT2D eigenvalue weighted by atomic mass is 16.3. The van der Waals surface area contributed by atoms with Gasteiger partial charge in [-0.3, -0.25) is 0 Å². The van der Waals surface area contributed by atoms with Crippen molar-refractivity contribution in [3.63, 3.8) is 0 Å². The smallest absolute Gasteiger partial charge is 0.319 e. The molecule has 23 heavy (non-hydrogen) atoms. The zero-order valence-corrected chi connectivity index (χ0v) is 13.4. The largest absolute Gasteiger partial charge is 0.391 e. The lowest BCUT2D eigenvalue weighted by molar-refractivity contribution is 0.104. The average Bonchev–Trinajstić information content (AvgIpc) is 3.09. The summed E-state index contributed by atoms with van der Waals surface area (Å²) in [7, 11) is 0. The first-order chi connectivity index (χ1) is 11.1. The van der Waals surface area contributed by atoms with Crippen LogP contribution in [0.4, 0.5) is 10.5 Å². The van der Waals surface area contributed by atoms with Crippen molar-refractivity contribution < 1.29 is 9.90 Å². The molecule has 0 aliphatic heterocycles. The number of nitrogens with zero attached hydrogens (tertiary/aromatic N) is 3. The van der Waals surface area contributed by atoms with E-state index >= 15 is 0 Å². The van der Waals surface area contributed by atoms with E-state index in [0.29, 0.717) is 5.69 Å². The Morgan fingerprint density at radius 2 is 1.78 bits per heavy atom. The molecule has 0 saturated carbocycles. The molecule has 7 heteroatoms. The van der Waals surface area contributed by atoms with Crippen LogP contribution in [-0.4, -0.2) is 38.8 Å². The first-order valence-corrected chi connectivity index (χ1v) is 7.83. The zero-order chi connectivity index (χ0) is 16.7. The summed E-state index contributed by atoms with van der Waals surface area (Å²) in [6.45, 7) is 4.31. The van der Waals surface area contributed by atoms with E-state index in [9.17, 15) is 9.90 Å². The average molecular weight is 317 g/mol. The van der Waals surface area contributed by atoms with E-state index in [4.69, 9.17) is 0 Å². The van der Waals surface area contributed by atoms with Gasteiger partial charge in [-0.15, -0.1) is 0 Å². The van der Waals surface area contributed by atoms with Gasteiger partial charge < -0.3 is 15.7 Å². The number of benzene rings is 1. The van der Waals surface area contributed by atoms with Gasteiger partial charge in [0.1, 0.15) is 0 Å². The maximum absolute atomic E-state index is 11.9. The van der Waals surface area contributed by atoms with Crippen LogP contribution in [0.5, 0.6) is 0 Å². The standard InChI is InChI=1S/C16H23N5O2/c1-3-12(4-2)15(22)11-17-16(23)20-13-5-7-14(8-6-13)21-18-9-10-19-21/h5-10,12,15,22H,3-4,11H2,1-2H3,(H2,17,20,23). The second-order valence-electron chi connectivity index (χ2n) is 5.34. The van der Waals surface area contributed by atoms with Crippen molar-refractivity contribution in [3.05, 3.63) is 36.7 Å². The first-order valence-electron chi connectivity index (χ1n) is 7.83. The molecule has 0 aliphatic rings. The number of aromatic nitrogens is 3. The van der Waals surface area contributed by atoms with Gasteiger partial charge in [0.15, 0.2) is 0 Å². The SMILES string of the molecule is CCC(CC)C(O)CNC(=O)Nc1ccc(-n2nccn2)cc1. The number of urea groups is 1. The van der Waals surface area contributed by atoms with E-state index < -0.39 is 6.10 Å². The van der Waals surface area contributed by atoms with Crippen molar-refractivity contribution in [2.24, 2.45) is 5.92 Å². The van der Waals surface area contributed by atoms with E-state index in [-0.39, 0.29) is 18.5 Å². The fourth-order valence-electron chi connectivity index (χ4n) is 2.40. The Morgan fingerprint density at radius 3 is 2.35 bits per heavy atom. The number of nitrogens with one attached hydrogen (secondary N) is 2. The van der Waals surface area contributed by atoms with Crippen LogP contribution >= 0.6 is 0 Å². The van der Waals surface area contributed by atoms with E-state index in [1.165, 1.54) is 4.80 Å². The molecule has 2 rings (SSSR count). The highest BCUT2D eigenvalue weighted by Gasteiger charge is 2.16. The summed E-state index contributed by atoms with van der Waals surface area (Å²) < 4.78 is 0. The number of amides is 2. The molecule has 7 nitrogen and oxygen atoms in total. The van der Waals surface area contributed by atoms with Crippen molar-refractivity contribution in [1.82, 2.24) is 20.3 Å². The molecule has 0 bridgehead atoms. The molecule has 0 aliphatic carbocycles. The lowest BCUT2D eigenvalue weighted by atomic mass is 9.97. The van der Waals surface area contributed by atoms with Crippen molar-refractivity contribution in [2.75, 3.05) is 11.9 Å². The molecule has 3 N–H and O–H groups in total. The quantitative estimate of drug-likeness (QED) is 0.730. The molecular weight excluding hydrogens is 294 g/mol. The maximum atomic E-state index is 11.9. The summed E-state index contributed by atoms with van der Waals surface area (Å²) in [5, 5.41) is 23.5. The fraction of sp³-hybridized carbons (Fsp3) is 0.438. The number of aliphatic hydroxyl groups excluding tert-OH is 1. The lowest BCUT2D eigenvalue weighted by Crippen LogP contribution is -2.38. The molecule has 0 spiro atoms. The molecule has 1 aromatic heterocycles. The van der Waals surface area contributed by atoms with Gasteiger partial charge in [-0.25, -0.2) is 4.79 Å². The highest BCUT2D eigenvalue weighted by molar-refractivity contribution is 5.89. The number of aliphatic hydroxyl groups is 1. The van der Waals surface area contributed by atoms with Crippen molar-refractivity contribution in [1.29, 1.82) is 0 Å². The van der Waals surface area contributed by atoms with Gasteiger partial charge in [0.05, 0.1) is 24.2 Å². The number of anilines is 1. The van der Waals surface area contributed by atoms with Crippen LogP contribution in [-0.2, 0) is 0 Å². The molecule has 1 unspecified atom stereocenters. The number of hydrogen-bond donors (Lipinski definition) is 3. The summed E-state index contributed by atoms with van der Waals surface area (Å²) in [6, 6.07) is 6.84. The molecule has 1 aromatic carbocycles. The Kier molecular flexibility index (Phi) is 6.10. The maximum Gasteiger partial charge on any atom is 0.319 e. The van der Waals surface area contributed by atoms with Crippen LogP contribution < -0.4 is 10.6 Å². The van der Waals surface area contributed by atoms with Crippen molar-refractivity contribution >= 4 is 11.7 Å². The van der Waals surface area contributed by atoms with Gasteiger partial charge in [0.25, 0.3) is 0 Å². The van der Waals surface area contributed by atoms with Gasteiger partial charge in [0.2, 0.25) is 0 Å². The van der Waals surface area contributed by atoms with Crippen LogP contribution in [0.2, 0.25) is 0 Å². The molecule has 1 atom stereocenters. The molecule has 0 radical (unpaired) electrons. The van der Waals surface area contributed by atoms with Gasteiger partial charge in [-0.2, -0.15) is 15.0 Å². The molecule has 0 fully saturated rings. The lowest BCUT2D eigenvalue weighted by Gasteiger charge is -2.20. The third-order valence-electron chi connectivity index (χ3n) is 3.84. The van der Waals surface area contributed by atoms with E-state index in [1.54, 1.807) is 24.5 Å². The molecule has 2 aromatic rings. The fourth-order valence-corrected chi connectivity index (χ4v) is 2.40. The minimum absolute atomic E-state index is 0.205. The third-order valence-corrected chi connectivity index (χ3v) is 3.84. The number of carbonyl (C=O) groups excluding carboxylic acids is 1. The predicted octanol–water partition coefficient (Wildman–Crippen LogP) is 2.19. The Labute approximate surface area is 135 Å². The summed E-state index contributed by atoms with van der Waals surface area (Å²) >= 11 is 0. The highest BCUT2D eigenvalue weighted by Crippen LogP contribution is 2.13. The minimum atomic E-state index is -0.524. The monoisotopic (exact) mass is 317 g/mol. The Morgan fingerprint density at radius 1 is 1.17 bits per heavy atom. The van der Waals surface area contributed by atoms with Gasteiger partial charge in [0, 0.05) is 12.2 Å². The third kappa shape index (κ3) is 4.79. The molecule has 0 saturated heterocycles. The van der Waals surface area contributed by atoms with Crippen LogP contribution in [0.25, 0.3) is 5.69 Å². The van der Waals surface area contributed by atoms with Crippen LogP contribution in [0, 0.1) is 5.92 Å². The summed E-state index contributed by atoms with van der Waals surface area (Å²) in [5.41, 5.74) is 1.47. The van der Waals surface area contributed by atoms with Gasteiger partial charge in [-0.05, 0) is 30.2 Å². The topological polar surface area (TPSA) is 92.1 Å².